The quantitative estimate of drug-likeness (QED) is 0.358. The molecular weight excluding hydrogens is 209 g/mol. The molecule has 0 aliphatic rings. The Morgan fingerprint density at radius 2 is 1.62 bits per heavy atom. The van der Waals surface area contributed by atoms with Crippen LogP contribution in [0.3, 0.4) is 0 Å². The number of quaternary nitrogens is 1. The summed E-state index contributed by atoms with van der Waals surface area (Å²) in [4.78, 5) is 0. The van der Waals surface area contributed by atoms with E-state index in [1.807, 2.05) is 13.8 Å². The van der Waals surface area contributed by atoms with Crippen LogP contribution in [0, 0.1) is 0 Å². The summed E-state index contributed by atoms with van der Waals surface area (Å²) in [7, 11) is 0. The summed E-state index contributed by atoms with van der Waals surface area (Å²) in [6.07, 6.45) is -0.272. The van der Waals surface area contributed by atoms with Crippen molar-refractivity contribution >= 4 is 11.6 Å². The summed E-state index contributed by atoms with van der Waals surface area (Å²) >= 11 is 6.11. The molecule has 0 aliphatic carbocycles. The van der Waals surface area contributed by atoms with Crippen LogP contribution in [0.25, 0.3) is 0 Å². The average Bonchev–Trinajstić information content (AvgIpc) is 1.99. The highest BCUT2D eigenvalue weighted by Crippen LogP contribution is 2.17. The van der Waals surface area contributed by atoms with Gasteiger partial charge in [0.15, 0.2) is 5.50 Å². The fourth-order valence-corrected chi connectivity index (χ4v) is 2.01. The van der Waals surface area contributed by atoms with Crippen molar-refractivity contribution in [3.63, 3.8) is 0 Å². The first kappa shape index (κ1) is 15.9. The van der Waals surface area contributed by atoms with E-state index in [0.29, 0.717) is 0 Å². The van der Waals surface area contributed by atoms with Crippen molar-refractivity contribution in [1.82, 2.24) is 0 Å². The molecule has 0 heterocycles. The third kappa shape index (κ3) is 4.50. The Labute approximate surface area is 92.9 Å². The molecule has 0 saturated heterocycles. The number of hydrogen-bond acceptors (Lipinski definition) is 1. The maximum atomic E-state index is 9.32. The highest BCUT2D eigenvalue weighted by molar-refractivity contribution is 6.19. The molecule has 0 aromatic heterocycles. The Bertz CT molecular complexity index is 125. The second-order valence-electron chi connectivity index (χ2n) is 3.46. The standard InChI is InChI=1S/C9H21ClNO.ClH/c1-5-11(6-2,9(4)10)7-8(3)12;/h8-9,12H,5-7H2,1-4H3;1H/q+1;/p-1. The van der Waals surface area contributed by atoms with Gasteiger partial charge in [0.25, 0.3) is 0 Å². The second kappa shape index (κ2) is 6.88. The smallest absolute Gasteiger partial charge is 0.162 e. The average molecular weight is 230 g/mol. The summed E-state index contributed by atoms with van der Waals surface area (Å²) < 4.78 is 0.791. The Morgan fingerprint density at radius 3 is 1.69 bits per heavy atom. The molecule has 2 atom stereocenters. The zero-order chi connectivity index (χ0) is 9.78. The van der Waals surface area contributed by atoms with Crippen LogP contribution in [-0.2, 0) is 0 Å². The van der Waals surface area contributed by atoms with Crippen LogP contribution in [0.15, 0.2) is 0 Å². The zero-order valence-electron chi connectivity index (χ0n) is 8.93. The van der Waals surface area contributed by atoms with Gasteiger partial charge in [-0.3, -0.25) is 0 Å². The summed E-state index contributed by atoms with van der Waals surface area (Å²) in [6.45, 7) is 10.7. The monoisotopic (exact) mass is 229 g/mol. The third-order valence-corrected chi connectivity index (χ3v) is 3.06. The third-order valence-electron chi connectivity index (χ3n) is 2.64. The molecule has 0 aliphatic heterocycles. The van der Waals surface area contributed by atoms with Gasteiger partial charge in [0, 0.05) is 6.92 Å². The van der Waals surface area contributed by atoms with Crippen LogP contribution < -0.4 is 12.4 Å². The highest BCUT2D eigenvalue weighted by atomic mass is 35.5. The van der Waals surface area contributed by atoms with Crippen molar-refractivity contribution in [3.8, 4) is 0 Å². The van der Waals surface area contributed by atoms with Gasteiger partial charge in [-0.1, -0.05) is 11.6 Å². The normalized spacial score (nSPS) is 16.2. The molecule has 0 radical (unpaired) electrons. The van der Waals surface area contributed by atoms with Gasteiger partial charge < -0.3 is 22.0 Å². The van der Waals surface area contributed by atoms with Crippen LogP contribution in [-0.4, -0.2) is 40.8 Å². The molecule has 0 aromatic rings. The van der Waals surface area contributed by atoms with Gasteiger partial charge in [0.2, 0.25) is 0 Å². The van der Waals surface area contributed by atoms with Gasteiger partial charge in [0.1, 0.15) is 12.6 Å². The van der Waals surface area contributed by atoms with Gasteiger partial charge in [-0.15, -0.1) is 0 Å². The van der Waals surface area contributed by atoms with E-state index in [4.69, 9.17) is 11.6 Å². The Morgan fingerprint density at radius 1 is 1.23 bits per heavy atom. The van der Waals surface area contributed by atoms with Crippen LogP contribution in [0.2, 0.25) is 0 Å². The molecule has 0 amide bonds. The van der Waals surface area contributed by atoms with Crippen LogP contribution >= 0.6 is 11.6 Å². The molecule has 0 aromatic carbocycles. The van der Waals surface area contributed by atoms with E-state index in [0.717, 1.165) is 24.1 Å². The Kier molecular flexibility index (Phi) is 8.44. The number of halogens is 2. The number of likely N-dealkylation sites (N-methyl/N-ethyl adjacent to an activating group) is 1. The second-order valence-corrected chi connectivity index (χ2v) is 4.09. The lowest BCUT2D eigenvalue weighted by Gasteiger charge is -2.40. The van der Waals surface area contributed by atoms with E-state index in [9.17, 15) is 5.11 Å². The van der Waals surface area contributed by atoms with Crippen LogP contribution in [0.1, 0.15) is 27.7 Å². The van der Waals surface area contributed by atoms with E-state index < -0.39 is 0 Å². The van der Waals surface area contributed by atoms with Gasteiger partial charge in [-0.05, 0) is 20.8 Å². The number of hydrogen-bond donors (Lipinski definition) is 1. The Balaban J connectivity index is 0. The molecule has 0 bridgehead atoms. The number of aliphatic hydroxyl groups is 1. The zero-order valence-corrected chi connectivity index (χ0v) is 10.4. The molecule has 0 rings (SSSR count). The maximum Gasteiger partial charge on any atom is 0.162 e. The largest absolute Gasteiger partial charge is 1.00 e. The fourth-order valence-electron chi connectivity index (χ4n) is 1.66. The van der Waals surface area contributed by atoms with Crippen molar-refractivity contribution in [3.05, 3.63) is 0 Å². The van der Waals surface area contributed by atoms with Gasteiger partial charge in [-0.25, -0.2) is 0 Å². The van der Waals surface area contributed by atoms with Gasteiger partial charge in [0.05, 0.1) is 13.1 Å². The molecule has 0 fully saturated rings. The van der Waals surface area contributed by atoms with E-state index in [1.165, 1.54) is 0 Å². The predicted molar refractivity (Wildman–Crippen MR) is 53.2 cm³/mol. The lowest BCUT2D eigenvalue weighted by Crippen LogP contribution is -3.00. The molecule has 2 nitrogen and oxygen atoms in total. The van der Waals surface area contributed by atoms with E-state index in [2.05, 4.69) is 13.8 Å². The lowest BCUT2D eigenvalue weighted by molar-refractivity contribution is -0.936. The van der Waals surface area contributed by atoms with Crippen LogP contribution in [0.4, 0.5) is 0 Å². The minimum absolute atomic E-state index is 0. The highest BCUT2D eigenvalue weighted by Gasteiger charge is 2.30. The van der Waals surface area contributed by atoms with E-state index in [1.54, 1.807) is 0 Å². The first-order valence-corrected chi connectivity index (χ1v) is 5.10. The molecule has 1 N–H and O–H groups in total. The minimum atomic E-state index is -0.272. The van der Waals surface area contributed by atoms with Crippen molar-refractivity contribution in [2.45, 2.75) is 39.3 Å². The number of alkyl halides is 1. The summed E-state index contributed by atoms with van der Waals surface area (Å²) in [5, 5.41) is 9.32. The van der Waals surface area contributed by atoms with Crippen molar-refractivity contribution < 1.29 is 22.0 Å². The lowest BCUT2D eigenvalue weighted by atomic mass is 10.2. The molecular formula is C9H21Cl2NO. The summed E-state index contributed by atoms with van der Waals surface area (Å²) in [5.74, 6) is 0. The SMILES string of the molecule is CC[N+](CC)(CC(C)O)C(C)Cl.[Cl-]. The van der Waals surface area contributed by atoms with Gasteiger partial charge >= 0.3 is 0 Å². The maximum absolute atomic E-state index is 9.32. The Hall–Kier alpha value is 0.500. The van der Waals surface area contributed by atoms with E-state index in [-0.39, 0.29) is 24.0 Å². The van der Waals surface area contributed by atoms with Crippen molar-refractivity contribution in [1.29, 1.82) is 0 Å². The molecule has 82 valence electrons. The number of aliphatic hydroxyl groups excluding tert-OH is 1. The summed E-state index contributed by atoms with van der Waals surface area (Å²) in [6, 6.07) is 0. The van der Waals surface area contributed by atoms with Crippen molar-refractivity contribution in [2.75, 3.05) is 19.6 Å². The molecule has 0 spiro atoms. The topological polar surface area (TPSA) is 20.2 Å². The fraction of sp³-hybridized carbons (Fsp3) is 1.00. The van der Waals surface area contributed by atoms with Crippen LogP contribution in [0.5, 0.6) is 0 Å². The molecule has 13 heavy (non-hydrogen) atoms. The molecule has 0 saturated carbocycles. The van der Waals surface area contributed by atoms with Gasteiger partial charge in [-0.2, -0.15) is 0 Å². The predicted octanol–water partition coefficient (Wildman–Crippen LogP) is -1.19. The summed E-state index contributed by atoms with van der Waals surface area (Å²) in [5.41, 5.74) is 0.0783. The first-order valence-electron chi connectivity index (χ1n) is 4.66. The molecule has 2 unspecified atom stereocenters. The van der Waals surface area contributed by atoms with E-state index >= 15 is 0 Å². The first-order chi connectivity index (χ1) is 5.48. The van der Waals surface area contributed by atoms with Crippen molar-refractivity contribution in [2.24, 2.45) is 0 Å². The molecule has 4 heteroatoms. The number of rotatable bonds is 5. The minimum Gasteiger partial charge on any atom is -1.00 e. The number of nitrogens with zero attached hydrogens (tertiary/aromatic N) is 1.